The average molecular weight is 259 g/mol. The van der Waals surface area contributed by atoms with Crippen molar-refractivity contribution in [2.24, 2.45) is 0 Å². The predicted octanol–water partition coefficient (Wildman–Crippen LogP) is 3.11. The summed E-state index contributed by atoms with van der Waals surface area (Å²) in [7, 11) is 0.388. The molecule has 78 valence electrons. The molecular formula is C7H8N3O2P3. The molecule has 0 radical (unpaired) electrons. The summed E-state index contributed by atoms with van der Waals surface area (Å²) in [6.07, 6.45) is 0.808. The molecule has 0 saturated carbocycles. The van der Waals surface area contributed by atoms with Crippen molar-refractivity contribution in [2.45, 2.75) is 0 Å². The zero-order valence-corrected chi connectivity index (χ0v) is 10.3. The van der Waals surface area contributed by atoms with Crippen LogP contribution in [0.5, 0.6) is 5.75 Å². The molecule has 1 heterocycles. The van der Waals surface area contributed by atoms with Crippen LogP contribution in [0.3, 0.4) is 0 Å². The number of aromatic nitrogens is 3. The van der Waals surface area contributed by atoms with E-state index in [0.717, 1.165) is 20.5 Å². The van der Waals surface area contributed by atoms with E-state index in [-0.39, 0.29) is 0 Å². The molecule has 5 nitrogen and oxygen atoms in total. The topological polar surface area (TPSA) is 70.8 Å². The minimum atomic E-state index is -0.938. The Labute approximate surface area is 90.3 Å². The first-order chi connectivity index (χ1) is 7.38. The molecule has 0 amide bonds. The van der Waals surface area contributed by atoms with Crippen molar-refractivity contribution in [3.63, 3.8) is 0 Å². The van der Waals surface area contributed by atoms with E-state index >= 15 is 0 Å². The number of rotatable bonds is 3. The highest BCUT2D eigenvalue weighted by Gasteiger charge is 1.97. The fourth-order valence-corrected chi connectivity index (χ4v) is 4.30. The highest BCUT2D eigenvalue weighted by Crippen LogP contribution is 2.26. The summed E-state index contributed by atoms with van der Waals surface area (Å²) < 4.78 is 15.9. The van der Waals surface area contributed by atoms with Gasteiger partial charge in [0.05, 0.1) is 0 Å². The second-order valence-corrected chi connectivity index (χ2v) is 6.27. The van der Waals surface area contributed by atoms with Crippen LogP contribution < -0.4 is 4.52 Å². The maximum absolute atomic E-state index is 10.4. The Morgan fingerprint density at radius 2 is 2.27 bits per heavy atom. The van der Waals surface area contributed by atoms with Gasteiger partial charge in [-0.15, -0.1) is 4.51 Å². The van der Waals surface area contributed by atoms with Gasteiger partial charge in [0.2, 0.25) is 0 Å². The molecule has 0 bridgehead atoms. The molecule has 0 aliphatic rings. The molecule has 2 unspecified atom stereocenters. The number of carbonyl (C=O) groups excluding carboxylic acids is 1. The summed E-state index contributed by atoms with van der Waals surface area (Å²) in [6, 6.07) is 6.98. The smallest absolute Gasteiger partial charge is 0.263 e. The maximum Gasteiger partial charge on any atom is 0.263 e. The molecule has 2 N–H and O–H groups in total. The van der Waals surface area contributed by atoms with E-state index in [4.69, 9.17) is 4.52 Å². The molecular weight excluding hydrogens is 251 g/mol. The van der Waals surface area contributed by atoms with Gasteiger partial charge in [-0.05, 0) is 24.3 Å². The fourth-order valence-electron chi connectivity index (χ4n) is 0.931. The van der Waals surface area contributed by atoms with E-state index in [1.807, 2.05) is 0 Å². The Balaban J connectivity index is 2.15. The monoisotopic (exact) mass is 259 g/mol. The first-order valence-electron chi connectivity index (χ1n) is 4.08. The van der Waals surface area contributed by atoms with Crippen molar-refractivity contribution in [3.8, 4) is 5.75 Å². The van der Waals surface area contributed by atoms with Crippen LogP contribution in [0.1, 0.15) is 10.4 Å². The van der Waals surface area contributed by atoms with Crippen LogP contribution in [0.15, 0.2) is 24.3 Å². The van der Waals surface area contributed by atoms with E-state index < -0.39 is 8.08 Å². The lowest BCUT2D eigenvalue weighted by Gasteiger charge is -2.03. The lowest BCUT2D eigenvalue weighted by atomic mass is 10.2. The zero-order valence-electron chi connectivity index (χ0n) is 7.54. The second kappa shape index (κ2) is 5.18. The molecule has 0 spiro atoms. The van der Waals surface area contributed by atoms with Crippen molar-refractivity contribution in [3.05, 3.63) is 29.8 Å². The van der Waals surface area contributed by atoms with Gasteiger partial charge < -0.3 is 9.03 Å². The van der Waals surface area contributed by atoms with E-state index in [2.05, 4.69) is 13.5 Å². The van der Waals surface area contributed by atoms with Crippen molar-refractivity contribution in [1.29, 1.82) is 0 Å². The Hall–Kier alpha value is -1.01. The molecule has 8 heteroatoms. The number of hydrogen-bond acceptors (Lipinski definition) is 3. The van der Waals surface area contributed by atoms with Gasteiger partial charge in [0.1, 0.15) is 20.5 Å². The number of nitrogens with one attached hydrogen (secondary N) is 2. The number of H-pyrrole nitrogens is 2. The quantitative estimate of drug-likeness (QED) is 0.832. The van der Waals surface area contributed by atoms with Crippen molar-refractivity contribution in [2.75, 3.05) is 0 Å². The lowest BCUT2D eigenvalue weighted by molar-refractivity contribution is 0.112. The van der Waals surface area contributed by atoms with E-state index in [1.54, 1.807) is 24.3 Å². The van der Waals surface area contributed by atoms with Crippen LogP contribution in [0, 0.1) is 0 Å². The predicted molar refractivity (Wildman–Crippen MR) is 63.1 cm³/mol. The molecule has 1 aromatic heterocycles. The van der Waals surface area contributed by atoms with Crippen molar-refractivity contribution >= 4 is 31.4 Å². The molecule has 15 heavy (non-hydrogen) atoms. The van der Waals surface area contributed by atoms with Gasteiger partial charge in [0.25, 0.3) is 8.08 Å². The summed E-state index contributed by atoms with van der Waals surface area (Å²) in [5.74, 6) is 0.727. The summed E-state index contributed by atoms with van der Waals surface area (Å²) >= 11 is 0. The van der Waals surface area contributed by atoms with Crippen LogP contribution in [-0.2, 0) is 0 Å². The lowest BCUT2D eigenvalue weighted by Crippen LogP contribution is -1.84. The third-order valence-electron chi connectivity index (χ3n) is 1.59. The van der Waals surface area contributed by atoms with Gasteiger partial charge in [0.15, 0.2) is 0 Å². The number of nitrogens with zero attached hydrogens (tertiary/aromatic N) is 1. The van der Waals surface area contributed by atoms with E-state index in [0.29, 0.717) is 14.1 Å². The van der Waals surface area contributed by atoms with Crippen LogP contribution in [0.25, 0.3) is 0 Å². The Morgan fingerprint density at radius 1 is 1.47 bits per heavy atom. The molecule has 0 saturated heterocycles. The number of aldehydes is 1. The molecule has 0 fully saturated rings. The van der Waals surface area contributed by atoms with E-state index in [9.17, 15) is 4.79 Å². The van der Waals surface area contributed by atoms with Gasteiger partial charge in [-0.2, -0.15) is 0 Å². The number of benzene rings is 1. The number of hydrogen-bond donors (Lipinski definition) is 2. The number of carbonyl (C=O) groups is 1. The van der Waals surface area contributed by atoms with Crippen LogP contribution in [0.4, 0.5) is 0 Å². The summed E-state index contributed by atoms with van der Waals surface area (Å²) in [5.41, 5.74) is 0.644. The largest absolute Gasteiger partial charge is 0.416 e. The third kappa shape index (κ3) is 2.97. The molecule has 0 aliphatic carbocycles. The van der Waals surface area contributed by atoms with Crippen LogP contribution >= 0.6 is 25.1 Å². The van der Waals surface area contributed by atoms with Crippen molar-refractivity contribution < 1.29 is 9.32 Å². The normalized spacial score (nSPS) is 11.9. The first-order valence-corrected chi connectivity index (χ1v) is 7.14. The summed E-state index contributed by atoms with van der Waals surface area (Å²) in [4.78, 5) is 10.4. The molecule has 2 rings (SSSR count). The van der Waals surface area contributed by atoms with Crippen LogP contribution in [-0.4, -0.2) is 19.8 Å². The zero-order chi connectivity index (χ0) is 10.5. The van der Waals surface area contributed by atoms with Gasteiger partial charge >= 0.3 is 0 Å². The fraction of sp³-hybridized carbons (Fsp3) is 0. The summed E-state index contributed by atoms with van der Waals surface area (Å²) in [6.45, 7) is 0. The molecule has 2 aromatic rings. The van der Waals surface area contributed by atoms with Crippen LogP contribution in [0.2, 0.25) is 0 Å². The highest BCUT2D eigenvalue weighted by molar-refractivity contribution is 7.50. The SMILES string of the molecule is O=Cc1ccc(Op2np[nH][pH][nH]2)cc1. The highest BCUT2D eigenvalue weighted by atomic mass is 31.2. The Morgan fingerprint density at radius 3 is 2.87 bits per heavy atom. The Kier molecular flexibility index (Phi) is 3.63. The number of aromatic amines is 2. The molecule has 0 aliphatic heterocycles. The average Bonchev–Trinajstić information content (AvgIpc) is 2.31. The van der Waals surface area contributed by atoms with Gasteiger partial charge in [-0.1, -0.05) is 0 Å². The standard InChI is InChI=1S/C7H8N3O2P3/c11-5-6-1-3-7(4-2-6)12-15-9-13-8-14-10-15/h1-5,9,13H,(H,8,10). The maximum atomic E-state index is 10.4. The minimum Gasteiger partial charge on any atom is -0.416 e. The van der Waals surface area contributed by atoms with E-state index in [1.165, 1.54) is 0 Å². The summed E-state index contributed by atoms with van der Waals surface area (Å²) in [5, 5.41) is 0. The second-order valence-electron chi connectivity index (χ2n) is 2.59. The van der Waals surface area contributed by atoms with Crippen molar-refractivity contribution in [1.82, 2.24) is 13.5 Å². The van der Waals surface area contributed by atoms with Gasteiger partial charge in [-0.3, -0.25) is 9.30 Å². The Bertz CT molecular complexity index is 451. The van der Waals surface area contributed by atoms with Gasteiger partial charge in [0, 0.05) is 14.1 Å². The third-order valence-corrected chi connectivity index (χ3v) is 5.04. The molecule has 1 aromatic carbocycles. The molecule has 2 atom stereocenters. The van der Waals surface area contributed by atoms with Gasteiger partial charge in [-0.25, -0.2) is 0 Å². The first kappa shape index (κ1) is 10.5. The minimum absolute atomic E-state index is 0.473.